The minimum absolute atomic E-state index is 0.143. The van der Waals surface area contributed by atoms with Crippen LogP contribution < -0.4 is 5.32 Å². The number of unbranched alkanes of at least 4 members (excludes halogenated alkanes) is 1. The quantitative estimate of drug-likeness (QED) is 0.283. The van der Waals surface area contributed by atoms with Gasteiger partial charge >= 0.3 is 0 Å². The average molecular weight is 550 g/mol. The van der Waals surface area contributed by atoms with Crippen molar-refractivity contribution in [1.82, 2.24) is 10.2 Å². The van der Waals surface area contributed by atoms with Crippen molar-refractivity contribution < 1.29 is 9.59 Å². The van der Waals surface area contributed by atoms with Crippen LogP contribution in [0.2, 0.25) is 20.1 Å². The fourth-order valence-corrected chi connectivity index (χ4v) is 5.44. The molecule has 180 valence electrons. The Morgan fingerprint density at radius 3 is 2.00 bits per heavy atom. The van der Waals surface area contributed by atoms with Gasteiger partial charge in [0.25, 0.3) is 0 Å². The third kappa shape index (κ3) is 8.25. The number of benzene rings is 2. The molecule has 2 amide bonds. The van der Waals surface area contributed by atoms with Gasteiger partial charge in [0.2, 0.25) is 11.8 Å². The highest BCUT2D eigenvalue weighted by Gasteiger charge is 2.29. The first-order valence-corrected chi connectivity index (χ1v) is 13.5. The summed E-state index contributed by atoms with van der Waals surface area (Å²) in [6.07, 6.45) is 2.31. The van der Waals surface area contributed by atoms with E-state index in [0.29, 0.717) is 44.4 Å². The van der Waals surface area contributed by atoms with Gasteiger partial charge in [0.05, 0.1) is 5.75 Å². The summed E-state index contributed by atoms with van der Waals surface area (Å²) < 4.78 is 0. The standard InChI is InChI=1S/C24H28Cl4N2O2S/c1-3-5-12-29-24(32)22(4-2)30(13-16-18(25)8-6-9-19(16)26)23(31)15-33-14-17-20(27)10-7-11-21(17)28/h6-11,22H,3-5,12-15H2,1-2H3,(H,29,32)/t22-/m1/s1. The van der Waals surface area contributed by atoms with Gasteiger partial charge < -0.3 is 10.2 Å². The molecule has 0 saturated heterocycles. The van der Waals surface area contributed by atoms with Crippen LogP contribution in [-0.4, -0.2) is 35.1 Å². The normalized spacial score (nSPS) is 11.8. The molecule has 0 aromatic heterocycles. The molecule has 0 saturated carbocycles. The predicted octanol–water partition coefficient (Wildman–Crippen LogP) is 7.26. The summed E-state index contributed by atoms with van der Waals surface area (Å²) in [4.78, 5) is 27.8. The van der Waals surface area contributed by atoms with E-state index in [-0.39, 0.29) is 24.1 Å². The summed E-state index contributed by atoms with van der Waals surface area (Å²) in [7, 11) is 0. The lowest BCUT2D eigenvalue weighted by Crippen LogP contribution is -2.49. The van der Waals surface area contributed by atoms with Crippen LogP contribution in [0.15, 0.2) is 36.4 Å². The van der Waals surface area contributed by atoms with Crippen molar-refractivity contribution in [2.24, 2.45) is 0 Å². The molecule has 0 aliphatic carbocycles. The van der Waals surface area contributed by atoms with Gasteiger partial charge in [0.15, 0.2) is 0 Å². The Kier molecular flexibility index (Phi) is 12.2. The number of rotatable bonds is 12. The fraction of sp³-hybridized carbons (Fsp3) is 0.417. The van der Waals surface area contributed by atoms with Gasteiger partial charge in [-0.15, -0.1) is 11.8 Å². The summed E-state index contributed by atoms with van der Waals surface area (Å²) in [6.45, 7) is 4.65. The Bertz CT molecular complexity index is 918. The van der Waals surface area contributed by atoms with Crippen molar-refractivity contribution in [3.8, 4) is 0 Å². The van der Waals surface area contributed by atoms with Gasteiger partial charge in [0.1, 0.15) is 6.04 Å². The van der Waals surface area contributed by atoms with Crippen LogP contribution in [0.5, 0.6) is 0 Å². The monoisotopic (exact) mass is 548 g/mol. The molecule has 1 N–H and O–H groups in total. The smallest absolute Gasteiger partial charge is 0.242 e. The van der Waals surface area contributed by atoms with E-state index in [1.54, 1.807) is 41.3 Å². The van der Waals surface area contributed by atoms with Crippen molar-refractivity contribution in [2.75, 3.05) is 12.3 Å². The van der Waals surface area contributed by atoms with Gasteiger partial charge in [-0.3, -0.25) is 9.59 Å². The summed E-state index contributed by atoms with van der Waals surface area (Å²) >= 11 is 26.6. The molecular formula is C24H28Cl4N2O2S. The van der Waals surface area contributed by atoms with Gasteiger partial charge in [-0.2, -0.15) is 0 Å². The topological polar surface area (TPSA) is 49.4 Å². The first-order chi connectivity index (χ1) is 15.8. The second-order valence-corrected chi connectivity index (χ2v) is 10.1. The summed E-state index contributed by atoms with van der Waals surface area (Å²) in [6, 6.07) is 9.88. The molecule has 4 nitrogen and oxygen atoms in total. The second kappa shape index (κ2) is 14.3. The molecule has 33 heavy (non-hydrogen) atoms. The van der Waals surface area contributed by atoms with Crippen LogP contribution in [0.4, 0.5) is 0 Å². The van der Waals surface area contributed by atoms with E-state index in [2.05, 4.69) is 12.2 Å². The van der Waals surface area contributed by atoms with Crippen molar-refractivity contribution >= 4 is 70.0 Å². The first kappa shape index (κ1) is 28.1. The number of carbonyl (C=O) groups excluding carboxylic acids is 2. The van der Waals surface area contributed by atoms with E-state index in [1.165, 1.54) is 11.8 Å². The number of amides is 2. The minimum atomic E-state index is -0.633. The molecule has 2 rings (SSSR count). The molecule has 0 radical (unpaired) electrons. The number of halogens is 4. The highest BCUT2D eigenvalue weighted by Crippen LogP contribution is 2.30. The van der Waals surface area contributed by atoms with Gasteiger partial charge in [-0.25, -0.2) is 0 Å². The predicted molar refractivity (Wildman–Crippen MR) is 142 cm³/mol. The van der Waals surface area contributed by atoms with E-state index in [1.807, 2.05) is 6.92 Å². The maximum absolute atomic E-state index is 13.3. The zero-order valence-electron chi connectivity index (χ0n) is 18.7. The van der Waals surface area contributed by atoms with Crippen LogP contribution >= 0.6 is 58.2 Å². The summed E-state index contributed by atoms with van der Waals surface area (Å²) in [5.74, 6) is 0.269. The molecule has 0 unspecified atom stereocenters. The van der Waals surface area contributed by atoms with Gasteiger partial charge in [-0.1, -0.05) is 78.8 Å². The molecule has 0 spiro atoms. The van der Waals surface area contributed by atoms with Crippen LogP contribution in [0.3, 0.4) is 0 Å². The molecule has 0 heterocycles. The molecule has 0 aliphatic heterocycles. The molecular weight excluding hydrogens is 522 g/mol. The van der Waals surface area contributed by atoms with Crippen LogP contribution in [0.25, 0.3) is 0 Å². The molecule has 0 fully saturated rings. The third-order valence-corrected chi connectivity index (χ3v) is 7.50. The summed E-state index contributed by atoms with van der Waals surface area (Å²) in [5.41, 5.74) is 1.40. The van der Waals surface area contributed by atoms with E-state index >= 15 is 0 Å². The van der Waals surface area contributed by atoms with Crippen molar-refractivity contribution in [2.45, 2.75) is 51.4 Å². The average Bonchev–Trinajstić information content (AvgIpc) is 2.77. The minimum Gasteiger partial charge on any atom is -0.354 e. The zero-order valence-corrected chi connectivity index (χ0v) is 22.5. The highest BCUT2D eigenvalue weighted by atomic mass is 35.5. The fourth-order valence-electron chi connectivity index (χ4n) is 3.27. The Morgan fingerprint density at radius 2 is 1.48 bits per heavy atom. The number of nitrogens with zero attached hydrogens (tertiary/aromatic N) is 1. The van der Waals surface area contributed by atoms with Crippen LogP contribution in [0, 0.1) is 0 Å². The largest absolute Gasteiger partial charge is 0.354 e. The molecule has 2 aromatic rings. The number of thioether (sulfide) groups is 1. The Balaban J connectivity index is 2.21. The highest BCUT2D eigenvalue weighted by molar-refractivity contribution is 7.99. The maximum atomic E-state index is 13.3. The maximum Gasteiger partial charge on any atom is 0.242 e. The lowest BCUT2D eigenvalue weighted by molar-refractivity contribution is -0.139. The number of nitrogens with one attached hydrogen (secondary N) is 1. The van der Waals surface area contributed by atoms with E-state index in [9.17, 15) is 9.59 Å². The Hall–Kier alpha value is -1.11. The van der Waals surface area contributed by atoms with Crippen molar-refractivity contribution in [3.63, 3.8) is 0 Å². The van der Waals surface area contributed by atoms with Gasteiger partial charge in [0, 0.05) is 44.5 Å². The SMILES string of the molecule is CCCCNC(=O)[C@@H](CC)N(Cc1c(Cl)cccc1Cl)C(=O)CSCc1c(Cl)cccc1Cl. The van der Waals surface area contributed by atoms with Crippen molar-refractivity contribution in [3.05, 3.63) is 67.6 Å². The second-order valence-electron chi connectivity index (χ2n) is 7.48. The number of hydrogen-bond donors (Lipinski definition) is 1. The zero-order chi connectivity index (χ0) is 24.4. The van der Waals surface area contributed by atoms with Crippen LogP contribution in [-0.2, 0) is 21.9 Å². The van der Waals surface area contributed by atoms with E-state index in [4.69, 9.17) is 46.4 Å². The molecule has 0 aliphatic rings. The molecule has 2 aromatic carbocycles. The number of hydrogen-bond acceptors (Lipinski definition) is 3. The molecule has 1 atom stereocenters. The lowest BCUT2D eigenvalue weighted by Gasteiger charge is -2.31. The third-order valence-electron chi connectivity index (χ3n) is 5.14. The number of carbonyl (C=O) groups is 2. The molecule has 9 heteroatoms. The molecule has 0 bridgehead atoms. The summed E-state index contributed by atoms with van der Waals surface area (Å²) in [5, 5.41) is 4.97. The lowest BCUT2D eigenvalue weighted by atomic mass is 10.1. The van der Waals surface area contributed by atoms with Gasteiger partial charge in [-0.05, 0) is 42.7 Å². The van der Waals surface area contributed by atoms with E-state index < -0.39 is 6.04 Å². The van der Waals surface area contributed by atoms with E-state index in [0.717, 1.165) is 18.4 Å². The van der Waals surface area contributed by atoms with Crippen LogP contribution in [0.1, 0.15) is 44.2 Å². The first-order valence-electron chi connectivity index (χ1n) is 10.8. The Labute approximate surface area is 220 Å². The Morgan fingerprint density at radius 1 is 0.939 bits per heavy atom. The van der Waals surface area contributed by atoms with Crippen molar-refractivity contribution in [1.29, 1.82) is 0 Å².